The Balaban J connectivity index is 1.30. The average molecular weight is 1240 g/mol. The van der Waals surface area contributed by atoms with Crippen LogP contribution in [0.15, 0.2) is 164 Å². The first kappa shape index (κ1) is 70.2. The van der Waals surface area contributed by atoms with Crippen molar-refractivity contribution in [3.8, 4) is 57.5 Å². The number of unbranched alkanes of at least 4 members (excludes halogenated alkanes) is 4. The molecule has 0 aliphatic carbocycles. The maximum absolute atomic E-state index is 14.7. The molecular formula is C76H92N10O6. The second kappa shape index (κ2) is 35.4. The van der Waals surface area contributed by atoms with Crippen LogP contribution in [0, 0.1) is 46.3 Å². The van der Waals surface area contributed by atoms with Crippen molar-refractivity contribution in [2.24, 2.45) is 44.1 Å². The molecule has 0 bridgehead atoms. The minimum absolute atomic E-state index is 0.0350. The fourth-order valence-electron chi connectivity index (χ4n) is 12.1. The largest absolute Gasteiger partial charge is 0.493 e. The molecule has 482 valence electrons. The Labute approximate surface area is 543 Å². The van der Waals surface area contributed by atoms with Gasteiger partial charge in [0.25, 0.3) is 22.9 Å². The molecule has 16 heteroatoms. The molecule has 2 N–H and O–H groups in total. The summed E-state index contributed by atoms with van der Waals surface area (Å²) in [5.74, 6) is -0.130. The Bertz CT molecular complexity index is 3560. The lowest BCUT2D eigenvalue weighted by atomic mass is 9.95. The second-order valence-corrected chi connectivity index (χ2v) is 24.2. The van der Waals surface area contributed by atoms with E-state index >= 15 is 0 Å². The number of carbonyl (C=O) groups excluding carboxylic acids is 2. The lowest BCUT2D eigenvalue weighted by Gasteiger charge is -2.31. The van der Waals surface area contributed by atoms with Gasteiger partial charge in [0.1, 0.15) is 23.3 Å². The number of amides is 2. The number of azo groups is 2. The molecular weight excluding hydrogens is 1150 g/mol. The highest BCUT2D eigenvalue weighted by Gasteiger charge is 2.29. The monoisotopic (exact) mass is 1240 g/mol. The fraction of sp³-hybridized carbons (Fsp3) is 0.421. The summed E-state index contributed by atoms with van der Waals surface area (Å²) in [4.78, 5) is 62.5. The third kappa shape index (κ3) is 17.6. The Hall–Kier alpha value is -9.28. The Morgan fingerprint density at radius 3 is 1.04 bits per heavy atom. The summed E-state index contributed by atoms with van der Waals surface area (Å²) in [5.41, 5.74) is -0.426. The zero-order chi connectivity index (χ0) is 66.1. The number of carbonyl (C=O) groups is 2. The Kier molecular flexibility index (Phi) is 27.0. The highest BCUT2D eigenvalue weighted by Crippen LogP contribution is 2.43. The number of aromatic hydroxyl groups is 2. The minimum atomic E-state index is -0.883. The van der Waals surface area contributed by atoms with Crippen LogP contribution in [0.25, 0.3) is 33.6 Å². The van der Waals surface area contributed by atoms with Crippen LogP contribution in [0.5, 0.6) is 11.8 Å². The maximum Gasteiger partial charge on any atom is 0.276 e. The van der Waals surface area contributed by atoms with Crippen molar-refractivity contribution in [3.05, 3.63) is 176 Å². The number of aromatic nitrogens is 2. The lowest BCUT2D eigenvalue weighted by molar-refractivity contribution is 0.0678. The van der Waals surface area contributed by atoms with Crippen LogP contribution >= 0.6 is 0 Å². The van der Waals surface area contributed by atoms with E-state index in [0.717, 1.165) is 112 Å². The highest BCUT2D eigenvalue weighted by molar-refractivity contribution is 5.96. The molecule has 0 radical (unpaired) electrons. The lowest BCUT2D eigenvalue weighted by Crippen LogP contribution is -2.39. The van der Waals surface area contributed by atoms with Gasteiger partial charge in [0.2, 0.25) is 11.8 Å². The van der Waals surface area contributed by atoms with Gasteiger partial charge in [-0.2, -0.15) is 20.8 Å². The van der Waals surface area contributed by atoms with Crippen molar-refractivity contribution in [2.45, 2.75) is 158 Å². The van der Waals surface area contributed by atoms with E-state index in [-0.39, 0.29) is 56.8 Å². The van der Waals surface area contributed by atoms with Crippen LogP contribution in [0.2, 0.25) is 0 Å². The molecule has 2 amide bonds. The van der Waals surface area contributed by atoms with Gasteiger partial charge in [-0.05, 0) is 121 Å². The Morgan fingerprint density at radius 2 is 0.761 bits per heavy atom. The van der Waals surface area contributed by atoms with Crippen molar-refractivity contribution >= 4 is 34.6 Å². The summed E-state index contributed by atoms with van der Waals surface area (Å²) in [5, 5.41) is 64.6. The minimum Gasteiger partial charge on any atom is -0.493 e. The van der Waals surface area contributed by atoms with E-state index in [1.54, 1.807) is 109 Å². The topological polar surface area (TPSA) is 222 Å². The smallest absolute Gasteiger partial charge is 0.276 e. The Morgan fingerprint density at radius 1 is 0.446 bits per heavy atom. The van der Waals surface area contributed by atoms with Crippen molar-refractivity contribution in [2.75, 3.05) is 26.2 Å². The van der Waals surface area contributed by atoms with Crippen molar-refractivity contribution in [3.63, 3.8) is 0 Å². The molecule has 0 aliphatic rings. The van der Waals surface area contributed by atoms with E-state index in [2.05, 4.69) is 88.0 Å². The van der Waals surface area contributed by atoms with Gasteiger partial charge in [-0.1, -0.05) is 205 Å². The van der Waals surface area contributed by atoms with Gasteiger partial charge in [0.15, 0.2) is 11.4 Å². The first-order valence-corrected chi connectivity index (χ1v) is 33.4. The van der Waals surface area contributed by atoms with Crippen LogP contribution in [0.1, 0.15) is 190 Å². The summed E-state index contributed by atoms with van der Waals surface area (Å²) < 4.78 is 1.82. The molecule has 0 saturated carbocycles. The normalized spacial score (nSPS) is 12.8. The first-order chi connectivity index (χ1) is 44.7. The van der Waals surface area contributed by atoms with Gasteiger partial charge in [-0.15, -0.1) is 10.2 Å². The third-order valence-electron chi connectivity index (χ3n) is 17.7. The van der Waals surface area contributed by atoms with E-state index in [4.69, 9.17) is 0 Å². The van der Waals surface area contributed by atoms with Crippen molar-refractivity contribution < 1.29 is 19.8 Å². The average Bonchev–Trinajstić information content (AvgIpc) is 0.765. The molecule has 7 aromatic rings. The zero-order valence-corrected chi connectivity index (χ0v) is 55.2. The van der Waals surface area contributed by atoms with Gasteiger partial charge in [-0.3, -0.25) is 19.2 Å². The molecule has 2 heterocycles. The standard InChI is InChI=1S/C76H92N10O6/c1-9-17-29-53(13-5)49-83(50-54(14-6)30-18-10-2)71(87)59-37-27-39-61(45-59)79-81-69-67(57-33-23-21-24-34-57)65(47-77)73(89)85(75(69)91)63-41-43-64(44-42-63)86-74(90)66(48-78)68(58-35-25-22-26-36-58)70(76(86)92)82-80-62-40-28-38-60(46-62)72(88)84(51-55(15-7)31-19-11-3)52-56(16-8)32-20-12-4/h21-28,33-46,53-56,91-92H,9-20,29-32,49-52H2,1-8H3. The number of nitrogens with zero attached hydrogens (tertiary/aromatic N) is 10. The van der Waals surface area contributed by atoms with Gasteiger partial charge in [-0.25, -0.2) is 9.13 Å². The van der Waals surface area contributed by atoms with E-state index in [1.807, 2.05) is 9.80 Å². The molecule has 4 atom stereocenters. The SMILES string of the molecule is CCCCC(CC)CN(CC(CC)CCCC)C(=O)c1cccc(N=Nc2c(-c3ccccc3)c(C#N)c(=O)n(-c3ccc(-n4c(O)c(N=Nc5cccc(C(=O)N(CC(CC)CCCC)CC(CC)CCCC)c5)c(-c5ccccc5)c(C#N)c4=O)cc3)c2O)c1. The third-order valence-corrected chi connectivity index (χ3v) is 17.7. The van der Waals surface area contributed by atoms with Crippen LogP contribution < -0.4 is 11.1 Å². The molecule has 7 rings (SSSR count). The van der Waals surface area contributed by atoms with Crippen LogP contribution in [0.4, 0.5) is 22.7 Å². The van der Waals surface area contributed by atoms with Gasteiger partial charge in [0, 0.05) is 48.4 Å². The molecule has 0 fully saturated rings. The number of hydrogen-bond donors (Lipinski definition) is 2. The van der Waals surface area contributed by atoms with Crippen LogP contribution in [0.3, 0.4) is 0 Å². The number of nitriles is 2. The highest BCUT2D eigenvalue weighted by atomic mass is 16.3. The maximum atomic E-state index is 14.7. The molecule has 4 unspecified atom stereocenters. The molecule has 5 aromatic carbocycles. The number of pyridine rings is 2. The van der Waals surface area contributed by atoms with E-state index < -0.39 is 22.9 Å². The van der Waals surface area contributed by atoms with E-state index in [1.165, 1.54) is 24.3 Å². The second-order valence-electron chi connectivity index (χ2n) is 24.2. The molecule has 16 nitrogen and oxygen atoms in total. The number of hydrogen-bond acceptors (Lipinski definition) is 12. The number of rotatable bonds is 34. The predicted octanol–water partition coefficient (Wildman–Crippen LogP) is 19.1. The van der Waals surface area contributed by atoms with Crippen molar-refractivity contribution in [1.82, 2.24) is 18.9 Å². The summed E-state index contributed by atoms with van der Waals surface area (Å²) >= 11 is 0. The fourth-order valence-corrected chi connectivity index (χ4v) is 12.1. The first-order valence-electron chi connectivity index (χ1n) is 33.4. The summed E-state index contributed by atoms with van der Waals surface area (Å²) in [6, 6.07) is 40.7. The zero-order valence-electron chi connectivity index (χ0n) is 55.2. The van der Waals surface area contributed by atoms with Gasteiger partial charge < -0.3 is 20.0 Å². The molecule has 92 heavy (non-hydrogen) atoms. The summed E-state index contributed by atoms with van der Waals surface area (Å²) in [7, 11) is 0. The molecule has 0 spiro atoms. The quantitative estimate of drug-likeness (QED) is 0.0368. The van der Waals surface area contributed by atoms with Crippen LogP contribution in [-0.4, -0.2) is 67.1 Å². The summed E-state index contributed by atoms with van der Waals surface area (Å²) in [6.45, 7) is 20.0. The van der Waals surface area contributed by atoms with Crippen LogP contribution in [-0.2, 0) is 0 Å². The number of benzene rings is 5. The van der Waals surface area contributed by atoms with Gasteiger partial charge in [0.05, 0.1) is 22.7 Å². The predicted molar refractivity (Wildman–Crippen MR) is 368 cm³/mol. The molecule has 2 aromatic heterocycles. The van der Waals surface area contributed by atoms with Crippen molar-refractivity contribution in [1.29, 1.82) is 10.5 Å². The molecule has 0 saturated heterocycles. The van der Waals surface area contributed by atoms with E-state index in [0.29, 0.717) is 83.5 Å². The molecule has 0 aliphatic heterocycles. The van der Waals surface area contributed by atoms with Gasteiger partial charge >= 0.3 is 0 Å². The van der Waals surface area contributed by atoms with E-state index in [9.17, 15) is 39.9 Å². The summed E-state index contributed by atoms with van der Waals surface area (Å²) in [6.07, 6.45) is 16.6.